The summed E-state index contributed by atoms with van der Waals surface area (Å²) in [6.45, 7) is 1.71. The molecule has 0 atom stereocenters. The van der Waals surface area contributed by atoms with E-state index in [1.54, 1.807) is 36.4 Å². The number of nitrogens with one attached hydrogen (secondary N) is 1. The molecule has 0 saturated carbocycles. The molecular formula is C16H16ClNO3. The number of aliphatic hydroxyl groups is 1. The first kappa shape index (κ1) is 15.4. The Kier molecular flexibility index (Phi) is 4.83. The van der Waals surface area contributed by atoms with Crippen molar-refractivity contribution < 1.29 is 14.6 Å². The third kappa shape index (κ3) is 3.54. The van der Waals surface area contributed by atoms with Crippen LogP contribution in [0.1, 0.15) is 21.5 Å². The second-order valence-electron chi connectivity index (χ2n) is 4.60. The Morgan fingerprint density at radius 2 is 2.05 bits per heavy atom. The van der Waals surface area contributed by atoms with Gasteiger partial charge in [0.2, 0.25) is 0 Å². The van der Waals surface area contributed by atoms with Gasteiger partial charge in [-0.3, -0.25) is 4.79 Å². The second-order valence-corrected chi connectivity index (χ2v) is 5.01. The highest BCUT2D eigenvalue weighted by atomic mass is 35.5. The number of aliphatic hydroxyl groups excluding tert-OH is 1. The van der Waals surface area contributed by atoms with Crippen molar-refractivity contribution in [1.82, 2.24) is 0 Å². The van der Waals surface area contributed by atoms with E-state index in [-0.39, 0.29) is 12.5 Å². The highest BCUT2D eigenvalue weighted by molar-refractivity contribution is 6.31. The van der Waals surface area contributed by atoms with E-state index in [1.165, 1.54) is 7.11 Å². The smallest absolute Gasteiger partial charge is 0.255 e. The molecular weight excluding hydrogens is 290 g/mol. The molecule has 0 unspecified atom stereocenters. The van der Waals surface area contributed by atoms with E-state index >= 15 is 0 Å². The summed E-state index contributed by atoms with van der Waals surface area (Å²) < 4.78 is 5.12. The number of hydrogen-bond donors (Lipinski definition) is 2. The van der Waals surface area contributed by atoms with Crippen LogP contribution in [-0.4, -0.2) is 18.1 Å². The number of methoxy groups -OCH3 is 1. The summed E-state index contributed by atoms with van der Waals surface area (Å²) >= 11 is 6.02. The molecule has 5 heteroatoms. The largest absolute Gasteiger partial charge is 0.496 e. The van der Waals surface area contributed by atoms with Crippen molar-refractivity contribution in [2.45, 2.75) is 13.5 Å². The van der Waals surface area contributed by atoms with Gasteiger partial charge in [0, 0.05) is 21.8 Å². The van der Waals surface area contributed by atoms with Gasteiger partial charge in [-0.1, -0.05) is 17.7 Å². The maximum absolute atomic E-state index is 12.2. The van der Waals surface area contributed by atoms with Crippen molar-refractivity contribution in [1.29, 1.82) is 0 Å². The second kappa shape index (κ2) is 6.61. The van der Waals surface area contributed by atoms with Crippen LogP contribution in [0.25, 0.3) is 0 Å². The van der Waals surface area contributed by atoms with E-state index in [2.05, 4.69) is 5.32 Å². The Hall–Kier alpha value is -2.04. The van der Waals surface area contributed by atoms with Crippen LogP contribution >= 0.6 is 11.6 Å². The minimum Gasteiger partial charge on any atom is -0.496 e. The molecule has 2 aromatic carbocycles. The Morgan fingerprint density at radius 1 is 1.29 bits per heavy atom. The fraction of sp³-hybridized carbons (Fsp3) is 0.188. The molecule has 0 radical (unpaired) electrons. The lowest BCUT2D eigenvalue weighted by molar-refractivity contribution is 0.102. The van der Waals surface area contributed by atoms with Crippen LogP contribution < -0.4 is 10.1 Å². The summed E-state index contributed by atoms with van der Waals surface area (Å²) in [7, 11) is 1.53. The number of amides is 1. The van der Waals surface area contributed by atoms with Gasteiger partial charge in [-0.05, 0) is 42.8 Å². The lowest BCUT2D eigenvalue weighted by Gasteiger charge is -2.10. The first-order chi connectivity index (χ1) is 10.0. The van der Waals surface area contributed by atoms with Gasteiger partial charge in [-0.25, -0.2) is 0 Å². The molecule has 2 N–H and O–H groups in total. The van der Waals surface area contributed by atoms with Gasteiger partial charge in [0.25, 0.3) is 5.91 Å². The quantitative estimate of drug-likeness (QED) is 0.910. The predicted octanol–water partition coefficient (Wildman–Crippen LogP) is 3.40. The Labute approximate surface area is 128 Å². The zero-order chi connectivity index (χ0) is 15.4. The van der Waals surface area contributed by atoms with Gasteiger partial charge >= 0.3 is 0 Å². The standard InChI is InChI=1S/C16H16ClNO3/c1-10-3-4-11(8-14(10)17)16(20)18-13-5-6-15(21-2)12(7-13)9-19/h3-8,19H,9H2,1-2H3,(H,18,20). The SMILES string of the molecule is COc1ccc(NC(=O)c2ccc(C)c(Cl)c2)cc1CO. The number of halogens is 1. The molecule has 0 fully saturated rings. The van der Waals surface area contributed by atoms with Crippen molar-refractivity contribution >= 4 is 23.2 Å². The monoisotopic (exact) mass is 305 g/mol. The summed E-state index contributed by atoms with van der Waals surface area (Å²) in [5.74, 6) is 0.319. The van der Waals surface area contributed by atoms with Crippen LogP contribution in [-0.2, 0) is 6.61 Å². The fourth-order valence-corrected chi connectivity index (χ4v) is 2.10. The predicted molar refractivity (Wildman–Crippen MR) is 83.1 cm³/mol. The van der Waals surface area contributed by atoms with Gasteiger partial charge in [-0.15, -0.1) is 0 Å². The number of hydrogen-bond acceptors (Lipinski definition) is 3. The highest BCUT2D eigenvalue weighted by Crippen LogP contribution is 2.23. The first-order valence-corrected chi connectivity index (χ1v) is 6.78. The molecule has 0 aliphatic rings. The molecule has 0 aromatic heterocycles. The van der Waals surface area contributed by atoms with Gasteiger partial charge in [0.05, 0.1) is 13.7 Å². The summed E-state index contributed by atoms with van der Waals surface area (Å²) in [5.41, 5.74) is 2.59. The van der Waals surface area contributed by atoms with Crippen molar-refractivity contribution in [3.8, 4) is 5.75 Å². The molecule has 0 aliphatic heterocycles. The Balaban J connectivity index is 2.21. The number of ether oxygens (including phenoxy) is 1. The summed E-state index contributed by atoms with van der Waals surface area (Å²) in [5, 5.41) is 12.6. The molecule has 110 valence electrons. The minimum atomic E-state index is -0.258. The number of anilines is 1. The number of rotatable bonds is 4. The van der Waals surface area contributed by atoms with E-state index in [0.717, 1.165) is 5.56 Å². The Bertz CT molecular complexity index is 671. The van der Waals surface area contributed by atoms with Crippen LogP contribution in [0.4, 0.5) is 5.69 Å². The molecule has 0 aliphatic carbocycles. The maximum Gasteiger partial charge on any atom is 0.255 e. The van der Waals surface area contributed by atoms with Crippen LogP contribution in [0.3, 0.4) is 0 Å². The molecule has 21 heavy (non-hydrogen) atoms. The van der Waals surface area contributed by atoms with Crippen molar-refractivity contribution in [2.24, 2.45) is 0 Å². The van der Waals surface area contributed by atoms with Gasteiger partial charge in [0.15, 0.2) is 0 Å². The zero-order valence-corrected chi connectivity index (χ0v) is 12.6. The third-order valence-corrected chi connectivity index (χ3v) is 3.55. The van der Waals surface area contributed by atoms with Crippen molar-refractivity contribution in [3.05, 3.63) is 58.1 Å². The van der Waals surface area contributed by atoms with E-state index in [4.69, 9.17) is 16.3 Å². The van der Waals surface area contributed by atoms with Crippen LogP contribution in [0.2, 0.25) is 5.02 Å². The average Bonchev–Trinajstić information content (AvgIpc) is 2.49. The van der Waals surface area contributed by atoms with Crippen molar-refractivity contribution in [2.75, 3.05) is 12.4 Å². The Morgan fingerprint density at radius 3 is 2.67 bits per heavy atom. The molecule has 2 aromatic rings. The lowest BCUT2D eigenvalue weighted by atomic mass is 10.1. The average molecular weight is 306 g/mol. The van der Waals surface area contributed by atoms with Crippen LogP contribution in [0.15, 0.2) is 36.4 Å². The zero-order valence-electron chi connectivity index (χ0n) is 11.8. The normalized spacial score (nSPS) is 10.3. The summed E-state index contributed by atoms with van der Waals surface area (Å²) in [6.07, 6.45) is 0. The minimum absolute atomic E-state index is 0.163. The summed E-state index contributed by atoms with van der Waals surface area (Å²) in [4.78, 5) is 12.2. The van der Waals surface area contributed by atoms with E-state index < -0.39 is 0 Å². The topological polar surface area (TPSA) is 58.6 Å². The number of carbonyl (C=O) groups excluding carboxylic acids is 1. The van der Waals surface area contributed by atoms with Gasteiger partial charge in [0.1, 0.15) is 5.75 Å². The third-order valence-electron chi connectivity index (χ3n) is 3.14. The maximum atomic E-state index is 12.2. The molecule has 2 rings (SSSR count). The molecule has 0 heterocycles. The molecule has 4 nitrogen and oxygen atoms in total. The highest BCUT2D eigenvalue weighted by Gasteiger charge is 2.09. The fourth-order valence-electron chi connectivity index (χ4n) is 1.92. The lowest BCUT2D eigenvalue weighted by Crippen LogP contribution is -2.12. The number of aryl methyl sites for hydroxylation is 1. The first-order valence-electron chi connectivity index (χ1n) is 6.40. The molecule has 0 saturated heterocycles. The van der Waals surface area contributed by atoms with Gasteiger partial charge in [-0.2, -0.15) is 0 Å². The molecule has 1 amide bonds. The molecule has 0 spiro atoms. The number of carbonyl (C=O) groups is 1. The summed E-state index contributed by atoms with van der Waals surface area (Å²) in [6, 6.07) is 10.2. The van der Waals surface area contributed by atoms with Gasteiger partial charge < -0.3 is 15.2 Å². The van der Waals surface area contributed by atoms with E-state index in [9.17, 15) is 9.90 Å². The van der Waals surface area contributed by atoms with Crippen LogP contribution in [0, 0.1) is 6.92 Å². The van der Waals surface area contributed by atoms with E-state index in [0.29, 0.717) is 27.6 Å². The molecule has 0 bridgehead atoms. The number of benzene rings is 2. The van der Waals surface area contributed by atoms with Crippen LogP contribution in [0.5, 0.6) is 5.75 Å². The van der Waals surface area contributed by atoms with E-state index in [1.807, 2.05) is 6.92 Å². The van der Waals surface area contributed by atoms with Crippen molar-refractivity contribution in [3.63, 3.8) is 0 Å².